The van der Waals surface area contributed by atoms with Crippen LogP contribution in [0.15, 0.2) is 40.4 Å². The monoisotopic (exact) mass is 203 g/mol. The lowest BCUT2D eigenvalue weighted by atomic mass is 10.2. The second kappa shape index (κ2) is 2.78. The summed E-state index contributed by atoms with van der Waals surface area (Å²) in [6.07, 6.45) is 4.10. The van der Waals surface area contributed by atoms with E-state index in [9.17, 15) is 0 Å². The Hall–Kier alpha value is -1.42. The summed E-state index contributed by atoms with van der Waals surface area (Å²) in [5.74, 6) is 0. The van der Waals surface area contributed by atoms with Gasteiger partial charge in [0.2, 0.25) is 0 Å². The second-order valence-corrected chi connectivity index (χ2v) is 4.22. The SMILES string of the molecule is Nc1ccc2c(c1)N1C=CCN=C1S2. The number of amidine groups is 1. The van der Waals surface area contributed by atoms with Crippen LogP contribution < -0.4 is 10.6 Å². The number of anilines is 2. The molecule has 0 saturated heterocycles. The third-order valence-corrected chi connectivity index (χ3v) is 3.31. The summed E-state index contributed by atoms with van der Waals surface area (Å²) in [4.78, 5) is 7.72. The Morgan fingerprint density at radius 3 is 3.29 bits per heavy atom. The molecule has 0 radical (unpaired) electrons. The van der Waals surface area contributed by atoms with Gasteiger partial charge in [0.15, 0.2) is 5.17 Å². The smallest absolute Gasteiger partial charge is 0.173 e. The van der Waals surface area contributed by atoms with Crippen molar-refractivity contribution in [3.8, 4) is 0 Å². The molecule has 0 saturated carbocycles. The fraction of sp³-hybridized carbons (Fsp3) is 0.100. The second-order valence-electron chi connectivity index (χ2n) is 3.21. The van der Waals surface area contributed by atoms with Crippen molar-refractivity contribution in [2.24, 2.45) is 4.99 Å². The van der Waals surface area contributed by atoms with Crippen LogP contribution in [0.2, 0.25) is 0 Å². The predicted octanol–water partition coefficient (Wildman–Crippen LogP) is 2.06. The molecule has 70 valence electrons. The Kier molecular flexibility index (Phi) is 1.58. The lowest BCUT2D eigenvalue weighted by Gasteiger charge is -2.16. The highest BCUT2D eigenvalue weighted by Gasteiger charge is 2.25. The summed E-state index contributed by atoms with van der Waals surface area (Å²) in [5.41, 5.74) is 7.69. The number of fused-ring (bicyclic) bond motifs is 3. The predicted molar refractivity (Wildman–Crippen MR) is 60.6 cm³/mol. The first kappa shape index (κ1) is 7.94. The number of hydrogen-bond acceptors (Lipinski definition) is 4. The van der Waals surface area contributed by atoms with Crippen LogP contribution in [0.1, 0.15) is 0 Å². The topological polar surface area (TPSA) is 41.6 Å². The third kappa shape index (κ3) is 1.04. The summed E-state index contributed by atoms with van der Waals surface area (Å²) >= 11 is 1.70. The van der Waals surface area contributed by atoms with Crippen molar-refractivity contribution in [3.63, 3.8) is 0 Å². The summed E-state index contributed by atoms with van der Waals surface area (Å²) in [5, 5.41) is 1.05. The van der Waals surface area contributed by atoms with Crippen LogP contribution >= 0.6 is 11.8 Å². The largest absolute Gasteiger partial charge is 0.399 e. The number of benzene rings is 1. The van der Waals surface area contributed by atoms with Crippen LogP contribution in [0.25, 0.3) is 0 Å². The lowest BCUT2D eigenvalue weighted by molar-refractivity contribution is 1.16. The van der Waals surface area contributed by atoms with E-state index in [0.717, 1.165) is 23.1 Å². The van der Waals surface area contributed by atoms with Crippen molar-refractivity contribution in [3.05, 3.63) is 30.5 Å². The van der Waals surface area contributed by atoms with Crippen molar-refractivity contribution < 1.29 is 0 Å². The van der Waals surface area contributed by atoms with Crippen LogP contribution in [0.3, 0.4) is 0 Å². The molecule has 0 spiro atoms. The van der Waals surface area contributed by atoms with Crippen molar-refractivity contribution >= 4 is 28.3 Å². The van der Waals surface area contributed by atoms with Gasteiger partial charge in [0.05, 0.1) is 12.2 Å². The lowest BCUT2D eigenvalue weighted by Crippen LogP contribution is -2.20. The molecule has 3 rings (SSSR count). The molecule has 2 aliphatic heterocycles. The molecule has 0 bridgehead atoms. The zero-order valence-electron chi connectivity index (χ0n) is 7.47. The molecule has 14 heavy (non-hydrogen) atoms. The van der Waals surface area contributed by atoms with Crippen LogP contribution in [0.4, 0.5) is 11.4 Å². The van der Waals surface area contributed by atoms with Crippen LogP contribution in [-0.4, -0.2) is 11.7 Å². The van der Waals surface area contributed by atoms with E-state index in [-0.39, 0.29) is 0 Å². The molecule has 3 nitrogen and oxygen atoms in total. The standard InChI is InChI=1S/C10H9N3S/c11-7-2-3-9-8(6-7)13-5-1-4-12-10(13)14-9/h1-3,5-6H,4,11H2. The van der Waals surface area contributed by atoms with E-state index in [1.54, 1.807) is 11.8 Å². The van der Waals surface area contributed by atoms with Gasteiger partial charge in [-0.3, -0.25) is 9.89 Å². The summed E-state index contributed by atoms with van der Waals surface area (Å²) in [7, 11) is 0. The fourth-order valence-corrected chi connectivity index (χ4v) is 2.59. The maximum atomic E-state index is 5.75. The molecule has 1 aromatic rings. The van der Waals surface area contributed by atoms with E-state index in [0.29, 0.717) is 0 Å². The van der Waals surface area contributed by atoms with Gasteiger partial charge in [-0.15, -0.1) is 0 Å². The number of nitrogens with two attached hydrogens (primary N) is 1. The van der Waals surface area contributed by atoms with Crippen molar-refractivity contribution in [2.45, 2.75) is 4.90 Å². The van der Waals surface area contributed by atoms with E-state index < -0.39 is 0 Å². The summed E-state index contributed by atoms with van der Waals surface area (Å²) in [6.45, 7) is 0.780. The van der Waals surface area contributed by atoms with Gasteiger partial charge in [0, 0.05) is 16.8 Å². The van der Waals surface area contributed by atoms with Gasteiger partial charge in [0.25, 0.3) is 0 Å². The molecule has 2 aliphatic rings. The Morgan fingerprint density at radius 2 is 2.36 bits per heavy atom. The Balaban J connectivity index is 2.16. The normalized spacial score (nSPS) is 17.7. The molecular weight excluding hydrogens is 194 g/mol. The van der Waals surface area contributed by atoms with E-state index in [1.165, 1.54) is 4.90 Å². The minimum atomic E-state index is 0.780. The molecular formula is C10H9N3S. The maximum absolute atomic E-state index is 5.75. The number of rotatable bonds is 0. The number of nitrogens with zero attached hydrogens (tertiary/aromatic N) is 2. The minimum Gasteiger partial charge on any atom is -0.399 e. The molecule has 0 atom stereocenters. The quantitative estimate of drug-likeness (QED) is 0.656. The summed E-state index contributed by atoms with van der Waals surface area (Å²) in [6, 6.07) is 5.96. The van der Waals surface area contributed by atoms with Crippen molar-refractivity contribution in [2.75, 3.05) is 17.2 Å². The Bertz CT molecular complexity index is 451. The molecule has 0 unspecified atom stereocenters. The first-order valence-electron chi connectivity index (χ1n) is 4.42. The first-order chi connectivity index (χ1) is 6.84. The van der Waals surface area contributed by atoms with Gasteiger partial charge in [-0.05, 0) is 36.0 Å². The Labute approximate surface area is 86.3 Å². The van der Waals surface area contributed by atoms with Gasteiger partial charge >= 0.3 is 0 Å². The zero-order chi connectivity index (χ0) is 9.54. The molecule has 2 heterocycles. The number of hydrogen-bond donors (Lipinski definition) is 1. The van der Waals surface area contributed by atoms with E-state index in [1.807, 2.05) is 24.3 Å². The number of thioether (sulfide) groups is 1. The van der Waals surface area contributed by atoms with Gasteiger partial charge < -0.3 is 5.73 Å². The van der Waals surface area contributed by atoms with Crippen LogP contribution in [-0.2, 0) is 0 Å². The van der Waals surface area contributed by atoms with E-state index >= 15 is 0 Å². The van der Waals surface area contributed by atoms with Crippen LogP contribution in [0.5, 0.6) is 0 Å². The Morgan fingerprint density at radius 1 is 1.43 bits per heavy atom. The van der Waals surface area contributed by atoms with Crippen LogP contribution in [0, 0.1) is 0 Å². The van der Waals surface area contributed by atoms with Gasteiger partial charge in [-0.25, -0.2) is 0 Å². The summed E-state index contributed by atoms with van der Waals surface area (Å²) < 4.78 is 0. The highest BCUT2D eigenvalue weighted by molar-refractivity contribution is 8.14. The zero-order valence-corrected chi connectivity index (χ0v) is 8.29. The maximum Gasteiger partial charge on any atom is 0.173 e. The molecule has 0 fully saturated rings. The van der Waals surface area contributed by atoms with Gasteiger partial charge in [-0.2, -0.15) is 0 Å². The van der Waals surface area contributed by atoms with Crippen molar-refractivity contribution in [1.29, 1.82) is 0 Å². The third-order valence-electron chi connectivity index (χ3n) is 2.24. The average Bonchev–Trinajstić information content (AvgIpc) is 2.56. The molecule has 1 aromatic carbocycles. The minimum absolute atomic E-state index is 0.780. The van der Waals surface area contributed by atoms with Crippen molar-refractivity contribution in [1.82, 2.24) is 0 Å². The molecule has 4 heteroatoms. The first-order valence-corrected chi connectivity index (χ1v) is 5.24. The molecule has 0 amide bonds. The van der Waals surface area contributed by atoms with E-state index in [2.05, 4.69) is 16.1 Å². The molecule has 2 N–H and O–H groups in total. The molecule has 0 aromatic heterocycles. The molecule has 0 aliphatic carbocycles. The fourth-order valence-electron chi connectivity index (χ4n) is 1.60. The number of nitrogen functional groups attached to an aromatic ring is 1. The van der Waals surface area contributed by atoms with Gasteiger partial charge in [-0.1, -0.05) is 0 Å². The van der Waals surface area contributed by atoms with E-state index in [4.69, 9.17) is 5.73 Å². The highest BCUT2D eigenvalue weighted by Crippen LogP contribution is 2.42. The number of aliphatic imine (C=N–C) groups is 1. The van der Waals surface area contributed by atoms with Gasteiger partial charge in [0.1, 0.15) is 0 Å². The average molecular weight is 203 g/mol. The highest BCUT2D eigenvalue weighted by atomic mass is 32.2.